The molecule has 52 valence electrons. The molecule has 0 amide bonds. The highest BCUT2D eigenvalue weighted by molar-refractivity contribution is 5.40. The fourth-order valence-electron chi connectivity index (χ4n) is 0.925. The molecule has 2 aromatic heterocycles. The summed E-state index contributed by atoms with van der Waals surface area (Å²) < 4.78 is 1.69. The predicted molar refractivity (Wildman–Crippen MR) is 37.7 cm³/mol. The molecule has 0 bridgehead atoms. The maximum Gasteiger partial charge on any atom is 0.156 e. The molecule has 2 aromatic rings. The van der Waals surface area contributed by atoms with Crippen LogP contribution >= 0.6 is 0 Å². The van der Waals surface area contributed by atoms with E-state index < -0.39 is 0 Å². The van der Waals surface area contributed by atoms with Gasteiger partial charge < -0.3 is 0 Å². The Bertz CT molecular complexity index is 423. The van der Waals surface area contributed by atoms with Gasteiger partial charge in [0.25, 0.3) is 0 Å². The van der Waals surface area contributed by atoms with Crippen LogP contribution in [0, 0.1) is 11.3 Å². The van der Waals surface area contributed by atoms with Crippen LogP contribution in [0.1, 0.15) is 5.69 Å². The van der Waals surface area contributed by atoms with Crippen LogP contribution in [0.5, 0.6) is 0 Å². The highest BCUT2D eigenvalue weighted by Gasteiger charge is 1.98. The molecule has 0 atom stereocenters. The van der Waals surface area contributed by atoms with Crippen molar-refractivity contribution in [3.8, 4) is 6.07 Å². The lowest BCUT2D eigenvalue weighted by Gasteiger charge is -1.89. The number of hydrogen-bond acceptors (Lipinski definition) is 3. The molecule has 4 nitrogen and oxygen atoms in total. The normalized spacial score (nSPS) is 9.73. The average molecular weight is 144 g/mol. The smallest absolute Gasteiger partial charge is 0.156 e. The molecule has 11 heavy (non-hydrogen) atoms. The monoisotopic (exact) mass is 144 g/mol. The molecule has 4 heteroatoms. The molecule has 2 rings (SSSR count). The largest absolute Gasteiger partial charge is 0.288 e. The average Bonchev–Trinajstić information content (AvgIpc) is 2.47. The van der Waals surface area contributed by atoms with Gasteiger partial charge in [-0.1, -0.05) is 0 Å². The third kappa shape index (κ3) is 0.749. The van der Waals surface area contributed by atoms with Crippen molar-refractivity contribution >= 4 is 5.65 Å². The highest BCUT2D eigenvalue weighted by atomic mass is 15.0. The van der Waals surface area contributed by atoms with E-state index in [1.807, 2.05) is 6.07 Å². The van der Waals surface area contributed by atoms with Crippen molar-refractivity contribution in [2.75, 3.05) is 0 Å². The van der Waals surface area contributed by atoms with Gasteiger partial charge in [0.15, 0.2) is 5.65 Å². The topological polar surface area (TPSA) is 54.0 Å². The third-order valence-corrected chi connectivity index (χ3v) is 1.43. The van der Waals surface area contributed by atoms with Crippen molar-refractivity contribution in [3.63, 3.8) is 0 Å². The Morgan fingerprint density at radius 1 is 1.45 bits per heavy atom. The summed E-state index contributed by atoms with van der Waals surface area (Å²) in [5.74, 6) is 0. The van der Waals surface area contributed by atoms with Crippen molar-refractivity contribution in [1.82, 2.24) is 14.4 Å². The molecule has 0 N–H and O–H groups in total. The zero-order valence-electron chi connectivity index (χ0n) is 5.60. The zero-order chi connectivity index (χ0) is 7.68. The van der Waals surface area contributed by atoms with Gasteiger partial charge in [0, 0.05) is 12.4 Å². The quantitative estimate of drug-likeness (QED) is 0.544. The number of imidazole rings is 1. The summed E-state index contributed by atoms with van der Waals surface area (Å²) in [6, 6.07) is 2.02. The van der Waals surface area contributed by atoms with E-state index in [0.717, 1.165) is 0 Å². The number of hydrogen-bond donors (Lipinski definition) is 0. The van der Waals surface area contributed by atoms with Crippen molar-refractivity contribution in [1.29, 1.82) is 5.26 Å². The van der Waals surface area contributed by atoms with E-state index in [2.05, 4.69) is 9.97 Å². The summed E-state index contributed by atoms with van der Waals surface area (Å²) in [7, 11) is 0. The van der Waals surface area contributed by atoms with Gasteiger partial charge in [-0.15, -0.1) is 0 Å². The van der Waals surface area contributed by atoms with E-state index in [1.54, 1.807) is 23.0 Å². The number of rotatable bonds is 0. The highest BCUT2D eigenvalue weighted by Crippen LogP contribution is 2.01. The molecule has 0 aliphatic heterocycles. The molecule has 0 saturated heterocycles. The molecule has 0 aliphatic carbocycles. The van der Waals surface area contributed by atoms with Crippen LogP contribution < -0.4 is 0 Å². The maximum atomic E-state index is 8.59. The maximum absolute atomic E-state index is 8.59. The van der Waals surface area contributed by atoms with Gasteiger partial charge >= 0.3 is 0 Å². The summed E-state index contributed by atoms with van der Waals surface area (Å²) in [6.45, 7) is 0. The number of nitriles is 1. The van der Waals surface area contributed by atoms with E-state index in [4.69, 9.17) is 5.26 Å². The van der Waals surface area contributed by atoms with Gasteiger partial charge in [-0.05, 0) is 0 Å². The molecular formula is C7H4N4. The first-order valence-corrected chi connectivity index (χ1v) is 3.09. The van der Waals surface area contributed by atoms with Crippen LogP contribution in [0.2, 0.25) is 0 Å². The Morgan fingerprint density at radius 2 is 2.36 bits per heavy atom. The molecular weight excluding hydrogens is 140 g/mol. The molecule has 0 aromatic carbocycles. The van der Waals surface area contributed by atoms with E-state index >= 15 is 0 Å². The molecule has 2 heterocycles. The molecule has 0 spiro atoms. The summed E-state index contributed by atoms with van der Waals surface area (Å²) in [5, 5.41) is 8.59. The van der Waals surface area contributed by atoms with Gasteiger partial charge in [-0.25, -0.2) is 4.98 Å². The Kier molecular flexibility index (Phi) is 1.10. The van der Waals surface area contributed by atoms with E-state index in [-0.39, 0.29) is 0 Å². The van der Waals surface area contributed by atoms with Gasteiger partial charge in [0.2, 0.25) is 0 Å². The zero-order valence-corrected chi connectivity index (χ0v) is 5.60. The van der Waals surface area contributed by atoms with Gasteiger partial charge in [-0.2, -0.15) is 5.26 Å². The molecule has 0 fully saturated rings. The van der Waals surface area contributed by atoms with Gasteiger partial charge in [0.1, 0.15) is 11.8 Å². The van der Waals surface area contributed by atoms with Crippen molar-refractivity contribution < 1.29 is 0 Å². The van der Waals surface area contributed by atoms with Crippen LogP contribution in [0.3, 0.4) is 0 Å². The van der Waals surface area contributed by atoms with E-state index in [0.29, 0.717) is 11.3 Å². The summed E-state index contributed by atoms with van der Waals surface area (Å²) in [6.07, 6.45) is 6.47. The second-order valence-corrected chi connectivity index (χ2v) is 2.06. The van der Waals surface area contributed by atoms with Crippen LogP contribution in [-0.4, -0.2) is 14.4 Å². The Labute approximate surface area is 62.7 Å². The number of fused-ring (bicyclic) bond motifs is 1. The standard InChI is InChI=1S/C7H4N4/c8-3-6-4-10-7-5-9-1-2-11(6)7/h1-2,4-5H. The lowest BCUT2D eigenvalue weighted by Crippen LogP contribution is -1.86. The fourth-order valence-corrected chi connectivity index (χ4v) is 0.925. The SMILES string of the molecule is N#Cc1cnc2cnccn12. The number of aromatic nitrogens is 3. The molecule has 0 saturated carbocycles. The van der Waals surface area contributed by atoms with Crippen LogP contribution in [-0.2, 0) is 0 Å². The van der Waals surface area contributed by atoms with Crippen LogP contribution in [0.15, 0.2) is 24.8 Å². The van der Waals surface area contributed by atoms with E-state index in [9.17, 15) is 0 Å². The minimum atomic E-state index is 0.530. The molecule has 0 radical (unpaired) electrons. The van der Waals surface area contributed by atoms with E-state index in [1.165, 1.54) is 6.20 Å². The number of nitrogens with zero attached hydrogens (tertiary/aromatic N) is 4. The first kappa shape index (κ1) is 5.86. The summed E-state index contributed by atoms with van der Waals surface area (Å²) >= 11 is 0. The Hall–Kier alpha value is -1.89. The Balaban J connectivity index is 2.89. The van der Waals surface area contributed by atoms with Gasteiger partial charge in [-0.3, -0.25) is 9.38 Å². The first-order valence-electron chi connectivity index (χ1n) is 3.09. The second kappa shape index (κ2) is 2.06. The first-order chi connectivity index (χ1) is 5.42. The lowest BCUT2D eigenvalue weighted by atomic mass is 10.5. The van der Waals surface area contributed by atoms with Gasteiger partial charge in [0.05, 0.1) is 12.4 Å². The summed E-state index contributed by atoms with van der Waals surface area (Å²) in [4.78, 5) is 7.84. The predicted octanol–water partition coefficient (Wildman–Crippen LogP) is 0.601. The Morgan fingerprint density at radius 3 is 3.18 bits per heavy atom. The lowest BCUT2D eigenvalue weighted by molar-refractivity contribution is 1.11. The fraction of sp³-hybridized carbons (Fsp3) is 0. The minimum absolute atomic E-state index is 0.530. The minimum Gasteiger partial charge on any atom is -0.288 e. The van der Waals surface area contributed by atoms with Crippen LogP contribution in [0.25, 0.3) is 5.65 Å². The van der Waals surface area contributed by atoms with Crippen LogP contribution in [0.4, 0.5) is 0 Å². The second-order valence-electron chi connectivity index (χ2n) is 2.06. The summed E-state index contributed by atoms with van der Waals surface area (Å²) in [5.41, 5.74) is 1.23. The van der Waals surface area contributed by atoms with Crippen molar-refractivity contribution in [3.05, 3.63) is 30.5 Å². The third-order valence-electron chi connectivity index (χ3n) is 1.43. The molecule has 0 unspecified atom stereocenters. The molecule has 0 aliphatic rings. The van der Waals surface area contributed by atoms with Crippen molar-refractivity contribution in [2.45, 2.75) is 0 Å². The van der Waals surface area contributed by atoms with Crippen molar-refractivity contribution in [2.24, 2.45) is 0 Å².